The van der Waals surface area contributed by atoms with Crippen molar-refractivity contribution in [2.24, 2.45) is 0 Å². The molecule has 0 fully saturated rings. The number of nitrogens with two attached hydrogens (primary N) is 1. The zero-order valence-corrected chi connectivity index (χ0v) is 10.8. The van der Waals surface area contributed by atoms with Crippen molar-refractivity contribution in [2.75, 3.05) is 11.1 Å². The Kier molecular flexibility index (Phi) is 3.11. The fourth-order valence-corrected chi connectivity index (χ4v) is 2.50. The SMILES string of the molecule is Nc1nsc(NCc2ncc[nH]2)c1-c1cccnc1. The zero-order valence-electron chi connectivity index (χ0n) is 10.00. The predicted octanol–water partition coefficient (Wildman–Crippen LogP) is 2.12. The molecule has 3 aromatic heterocycles. The third-order valence-corrected chi connectivity index (χ3v) is 3.46. The van der Waals surface area contributed by atoms with Gasteiger partial charge in [0.2, 0.25) is 0 Å². The molecule has 0 radical (unpaired) electrons. The van der Waals surface area contributed by atoms with E-state index in [-0.39, 0.29) is 0 Å². The summed E-state index contributed by atoms with van der Waals surface area (Å²) in [5.74, 6) is 1.38. The lowest BCUT2D eigenvalue weighted by atomic mass is 10.1. The van der Waals surface area contributed by atoms with Crippen LogP contribution < -0.4 is 11.1 Å². The number of nitrogens with one attached hydrogen (secondary N) is 2. The highest BCUT2D eigenvalue weighted by Crippen LogP contribution is 2.36. The molecule has 0 aliphatic heterocycles. The minimum absolute atomic E-state index is 0.514. The predicted molar refractivity (Wildman–Crippen MR) is 75.7 cm³/mol. The van der Waals surface area contributed by atoms with Crippen LogP contribution in [0.15, 0.2) is 36.9 Å². The van der Waals surface area contributed by atoms with Gasteiger partial charge in [0.25, 0.3) is 0 Å². The molecule has 0 aromatic carbocycles. The maximum Gasteiger partial charge on any atom is 0.147 e. The topological polar surface area (TPSA) is 92.5 Å². The van der Waals surface area contributed by atoms with Gasteiger partial charge in [0.15, 0.2) is 0 Å². The van der Waals surface area contributed by atoms with Gasteiger partial charge in [0.1, 0.15) is 16.6 Å². The average molecular weight is 272 g/mol. The first-order chi connectivity index (χ1) is 9.34. The number of nitrogens with zero attached hydrogens (tertiary/aromatic N) is 3. The highest BCUT2D eigenvalue weighted by atomic mass is 32.1. The Balaban J connectivity index is 1.87. The molecular formula is C12H12N6S. The number of H-pyrrole nitrogens is 1. The van der Waals surface area contributed by atoms with E-state index in [2.05, 4.69) is 24.6 Å². The summed E-state index contributed by atoms with van der Waals surface area (Å²) in [5, 5.41) is 4.21. The van der Waals surface area contributed by atoms with E-state index >= 15 is 0 Å². The maximum atomic E-state index is 5.93. The number of hydrogen-bond donors (Lipinski definition) is 3. The van der Waals surface area contributed by atoms with E-state index in [4.69, 9.17) is 5.73 Å². The second-order valence-corrected chi connectivity index (χ2v) is 4.68. The molecule has 0 spiro atoms. The van der Waals surface area contributed by atoms with Gasteiger partial charge in [-0.1, -0.05) is 6.07 Å². The molecule has 0 unspecified atom stereocenters. The Morgan fingerprint density at radius 2 is 2.32 bits per heavy atom. The Morgan fingerprint density at radius 3 is 3.05 bits per heavy atom. The molecule has 0 aliphatic rings. The summed E-state index contributed by atoms with van der Waals surface area (Å²) in [4.78, 5) is 11.3. The van der Waals surface area contributed by atoms with Crippen LogP contribution in [0.5, 0.6) is 0 Å². The molecule has 0 aliphatic carbocycles. The minimum atomic E-state index is 0.514. The lowest BCUT2D eigenvalue weighted by molar-refractivity contribution is 1.00. The van der Waals surface area contributed by atoms with Gasteiger partial charge >= 0.3 is 0 Å². The molecule has 3 aromatic rings. The molecule has 6 nitrogen and oxygen atoms in total. The van der Waals surface area contributed by atoms with Crippen LogP contribution in [0.3, 0.4) is 0 Å². The number of aromatic amines is 1. The van der Waals surface area contributed by atoms with Gasteiger partial charge in [-0.25, -0.2) is 4.98 Å². The van der Waals surface area contributed by atoms with E-state index in [1.807, 2.05) is 12.1 Å². The minimum Gasteiger partial charge on any atom is -0.382 e. The van der Waals surface area contributed by atoms with Crippen molar-refractivity contribution in [1.82, 2.24) is 19.3 Å². The molecule has 0 saturated heterocycles. The molecule has 0 atom stereocenters. The standard InChI is InChI=1S/C12H12N6S/c13-11-10(8-2-1-3-14-6-8)12(19-18-11)17-7-9-15-4-5-16-9/h1-6,17H,7H2,(H2,13,18)(H,15,16). The van der Waals surface area contributed by atoms with Gasteiger partial charge in [-0.3, -0.25) is 4.98 Å². The number of hydrogen-bond acceptors (Lipinski definition) is 6. The quantitative estimate of drug-likeness (QED) is 0.676. The van der Waals surface area contributed by atoms with Crippen LogP contribution in [0.4, 0.5) is 10.8 Å². The molecule has 3 heterocycles. The van der Waals surface area contributed by atoms with E-state index in [1.54, 1.807) is 24.8 Å². The number of aromatic nitrogens is 4. The molecule has 0 bridgehead atoms. The number of anilines is 2. The van der Waals surface area contributed by atoms with Gasteiger partial charge < -0.3 is 16.0 Å². The van der Waals surface area contributed by atoms with E-state index in [1.165, 1.54) is 11.5 Å². The first-order valence-corrected chi connectivity index (χ1v) is 6.49. The first kappa shape index (κ1) is 11.7. The molecular weight excluding hydrogens is 260 g/mol. The van der Waals surface area contributed by atoms with Crippen molar-refractivity contribution in [2.45, 2.75) is 6.54 Å². The summed E-state index contributed by atoms with van der Waals surface area (Å²) in [6.45, 7) is 0.599. The molecule has 0 amide bonds. The highest BCUT2D eigenvalue weighted by molar-refractivity contribution is 7.11. The normalized spacial score (nSPS) is 10.5. The lowest BCUT2D eigenvalue weighted by Gasteiger charge is -2.05. The maximum absolute atomic E-state index is 5.93. The van der Waals surface area contributed by atoms with E-state index in [9.17, 15) is 0 Å². The van der Waals surface area contributed by atoms with Crippen LogP contribution in [-0.2, 0) is 6.54 Å². The van der Waals surface area contributed by atoms with Crippen LogP contribution in [-0.4, -0.2) is 19.3 Å². The van der Waals surface area contributed by atoms with Crippen LogP contribution >= 0.6 is 11.5 Å². The Bertz CT molecular complexity index is 646. The summed E-state index contributed by atoms with van der Waals surface area (Å²) in [6.07, 6.45) is 7.02. The third kappa shape index (κ3) is 2.41. The van der Waals surface area contributed by atoms with E-state index in [0.29, 0.717) is 12.4 Å². The summed E-state index contributed by atoms with van der Waals surface area (Å²) >= 11 is 1.34. The number of imidazole rings is 1. The number of pyridine rings is 1. The molecule has 96 valence electrons. The summed E-state index contributed by atoms with van der Waals surface area (Å²) in [5.41, 5.74) is 7.78. The summed E-state index contributed by atoms with van der Waals surface area (Å²) < 4.78 is 4.19. The van der Waals surface area contributed by atoms with Gasteiger partial charge in [-0.2, -0.15) is 4.37 Å². The fraction of sp³-hybridized carbons (Fsp3) is 0.0833. The van der Waals surface area contributed by atoms with Crippen molar-refractivity contribution in [1.29, 1.82) is 0 Å². The van der Waals surface area contributed by atoms with Crippen LogP contribution in [0, 0.1) is 0 Å². The molecule has 19 heavy (non-hydrogen) atoms. The summed E-state index contributed by atoms with van der Waals surface area (Å²) in [7, 11) is 0. The second kappa shape index (κ2) is 5.07. The average Bonchev–Trinajstić information content (AvgIpc) is 3.07. The Morgan fingerprint density at radius 1 is 1.37 bits per heavy atom. The van der Waals surface area contributed by atoms with Gasteiger partial charge in [-0.15, -0.1) is 0 Å². The van der Waals surface area contributed by atoms with Gasteiger partial charge in [0, 0.05) is 30.4 Å². The van der Waals surface area contributed by atoms with Crippen molar-refractivity contribution >= 4 is 22.4 Å². The Hall–Kier alpha value is -2.41. The van der Waals surface area contributed by atoms with Crippen LogP contribution in [0.1, 0.15) is 5.82 Å². The van der Waals surface area contributed by atoms with Crippen molar-refractivity contribution in [3.05, 3.63) is 42.7 Å². The highest BCUT2D eigenvalue weighted by Gasteiger charge is 2.13. The van der Waals surface area contributed by atoms with Crippen molar-refractivity contribution in [3.8, 4) is 11.1 Å². The monoisotopic (exact) mass is 272 g/mol. The Labute approximate surface area is 113 Å². The zero-order chi connectivity index (χ0) is 13.1. The smallest absolute Gasteiger partial charge is 0.147 e. The number of nitrogen functional groups attached to an aromatic ring is 1. The molecule has 4 N–H and O–H groups in total. The van der Waals surface area contributed by atoms with Crippen LogP contribution in [0.25, 0.3) is 11.1 Å². The van der Waals surface area contributed by atoms with E-state index < -0.39 is 0 Å². The van der Waals surface area contributed by atoms with Crippen molar-refractivity contribution in [3.63, 3.8) is 0 Å². The second-order valence-electron chi connectivity index (χ2n) is 3.90. The van der Waals surface area contributed by atoms with Crippen LogP contribution in [0.2, 0.25) is 0 Å². The largest absolute Gasteiger partial charge is 0.382 e. The van der Waals surface area contributed by atoms with Gasteiger partial charge in [0.05, 0.1) is 12.1 Å². The summed E-state index contributed by atoms with van der Waals surface area (Å²) in [6, 6.07) is 3.84. The van der Waals surface area contributed by atoms with E-state index in [0.717, 1.165) is 22.0 Å². The molecule has 7 heteroatoms. The molecule has 3 rings (SSSR count). The first-order valence-electron chi connectivity index (χ1n) is 5.72. The lowest BCUT2D eigenvalue weighted by Crippen LogP contribution is -2.01. The number of rotatable bonds is 4. The van der Waals surface area contributed by atoms with Gasteiger partial charge in [-0.05, 0) is 17.6 Å². The molecule has 0 saturated carbocycles. The fourth-order valence-electron chi connectivity index (χ4n) is 1.77. The van der Waals surface area contributed by atoms with Crippen molar-refractivity contribution < 1.29 is 0 Å². The third-order valence-electron chi connectivity index (χ3n) is 2.64.